The molecule has 10 nitrogen and oxygen atoms in total. The van der Waals surface area contributed by atoms with E-state index in [1.807, 2.05) is 31.4 Å². The normalized spacial score (nSPS) is 21.5. The fourth-order valence-electron chi connectivity index (χ4n) is 5.18. The maximum Gasteiger partial charge on any atom is 0.236 e. The van der Waals surface area contributed by atoms with Crippen LogP contribution in [0.1, 0.15) is 38.1 Å². The fraction of sp³-hybridized carbons (Fsp3) is 0.400. The number of aromatic nitrogens is 7. The van der Waals surface area contributed by atoms with Gasteiger partial charge in [-0.05, 0) is 45.6 Å². The lowest BCUT2D eigenvalue weighted by Gasteiger charge is -2.25. The molecule has 0 aliphatic carbocycles. The maximum absolute atomic E-state index is 13.0. The molecule has 1 amide bonds. The number of rotatable bonds is 5. The Labute approximate surface area is 202 Å². The molecule has 0 saturated carbocycles. The van der Waals surface area contributed by atoms with Crippen LogP contribution in [0.2, 0.25) is 0 Å². The Morgan fingerprint density at radius 3 is 2.69 bits per heavy atom. The van der Waals surface area contributed by atoms with Gasteiger partial charge < -0.3 is 14.6 Å². The first kappa shape index (κ1) is 21.7. The molecule has 2 aliphatic heterocycles. The molecule has 1 saturated heterocycles. The molecule has 0 bridgehead atoms. The third-order valence-corrected chi connectivity index (χ3v) is 7.10. The van der Waals surface area contributed by atoms with Crippen LogP contribution in [-0.2, 0) is 21.5 Å². The number of ether oxygens (including phenoxy) is 1. The lowest BCUT2D eigenvalue weighted by molar-refractivity contribution is -0.120. The van der Waals surface area contributed by atoms with Crippen molar-refractivity contribution in [2.24, 2.45) is 5.92 Å². The number of pyridine rings is 1. The van der Waals surface area contributed by atoms with E-state index < -0.39 is 5.41 Å². The minimum absolute atomic E-state index is 0.0196. The summed E-state index contributed by atoms with van der Waals surface area (Å²) in [6, 6.07) is 2.03. The van der Waals surface area contributed by atoms with Crippen molar-refractivity contribution in [1.82, 2.24) is 34.5 Å². The first-order valence-corrected chi connectivity index (χ1v) is 11.9. The zero-order valence-corrected chi connectivity index (χ0v) is 19.9. The lowest BCUT2D eigenvalue weighted by Crippen LogP contribution is -2.33. The molecule has 1 N–H and O–H groups in total. The van der Waals surface area contributed by atoms with Crippen LogP contribution in [0, 0.1) is 12.8 Å². The first-order valence-electron chi connectivity index (χ1n) is 11.9. The highest BCUT2D eigenvalue weighted by Crippen LogP contribution is 2.44. The second-order valence-electron chi connectivity index (χ2n) is 9.43. The summed E-state index contributed by atoms with van der Waals surface area (Å²) in [7, 11) is 0. The van der Waals surface area contributed by atoms with E-state index in [2.05, 4.69) is 30.2 Å². The fourth-order valence-corrected chi connectivity index (χ4v) is 5.18. The minimum atomic E-state index is -0.671. The van der Waals surface area contributed by atoms with Crippen molar-refractivity contribution < 1.29 is 9.53 Å². The van der Waals surface area contributed by atoms with Crippen molar-refractivity contribution in [2.75, 3.05) is 18.5 Å². The summed E-state index contributed by atoms with van der Waals surface area (Å²) in [6.07, 6.45) is 8.53. The van der Waals surface area contributed by atoms with Crippen LogP contribution in [0.4, 0.5) is 5.82 Å². The van der Waals surface area contributed by atoms with Crippen LogP contribution in [0.3, 0.4) is 0 Å². The molecule has 6 heterocycles. The van der Waals surface area contributed by atoms with E-state index in [1.54, 1.807) is 24.9 Å². The Kier molecular flexibility index (Phi) is 5.06. The molecule has 6 rings (SSSR count). The minimum Gasteiger partial charge on any atom is -0.381 e. The van der Waals surface area contributed by atoms with Gasteiger partial charge in [-0.3, -0.25) is 4.79 Å². The van der Waals surface area contributed by atoms with Gasteiger partial charge in [0.15, 0.2) is 5.65 Å². The summed E-state index contributed by atoms with van der Waals surface area (Å²) in [5, 5.41) is 2.97. The Morgan fingerprint density at radius 2 is 1.94 bits per heavy atom. The third-order valence-electron chi connectivity index (χ3n) is 7.10. The SMILES string of the molecule is CCn1c(-c2cnc(C)nc2)nc2c(-c3cnc4c(c3)C(C)(C[C@H]3CCOC3)C(=O)N4)ncnc21. The van der Waals surface area contributed by atoms with Crippen LogP contribution in [0.5, 0.6) is 0 Å². The monoisotopic (exact) mass is 470 g/mol. The summed E-state index contributed by atoms with van der Waals surface area (Å²) >= 11 is 0. The molecule has 178 valence electrons. The number of nitrogens with zero attached hydrogens (tertiary/aromatic N) is 7. The molecule has 35 heavy (non-hydrogen) atoms. The summed E-state index contributed by atoms with van der Waals surface area (Å²) < 4.78 is 7.59. The van der Waals surface area contributed by atoms with Crippen molar-refractivity contribution in [3.05, 3.63) is 42.4 Å². The van der Waals surface area contributed by atoms with Crippen LogP contribution in [0.15, 0.2) is 31.0 Å². The van der Waals surface area contributed by atoms with Gasteiger partial charge in [0.1, 0.15) is 35.0 Å². The number of carbonyl (C=O) groups excluding carboxylic acids is 1. The van der Waals surface area contributed by atoms with E-state index in [4.69, 9.17) is 9.72 Å². The Morgan fingerprint density at radius 1 is 1.14 bits per heavy atom. The smallest absolute Gasteiger partial charge is 0.236 e. The van der Waals surface area contributed by atoms with Crippen LogP contribution >= 0.6 is 0 Å². The highest BCUT2D eigenvalue weighted by molar-refractivity contribution is 6.05. The van der Waals surface area contributed by atoms with Gasteiger partial charge >= 0.3 is 0 Å². The van der Waals surface area contributed by atoms with E-state index in [0.29, 0.717) is 41.9 Å². The molecule has 0 aromatic carbocycles. The highest BCUT2D eigenvalue weighted by Gasteiger charge is 2.45. The van der Waals surface area contributed by atoms with Crippen LogP contribution in [0.25, 0.3) is 33.8 Å². The van der Waals surface area contributed by atoms with Gasteiger partial charge in [-0.1, -0.05) is 0 Å². The molecular formula is C25H26N8O2. The van der Waals surface area contributed by atoms with E-state index in [0.717, 1.165) is 47.6 Å². The first-order chi connectivity index (χ1) is 17.0. The number of fused-ring (bicyclic) bond motifs is 2. The molecule has 4 aromatic heterocycles. The number of hydrogen-bond acceptors (Lipinski definition) is 8. The van der Waals surface area contributed by atoms with E-state index in [-0.39, 0.29) is 5.91 Å². The largest absolute Gasteiger partial charge is 0.381 e. The molecule has 10 heteroatoms. The number of amides is 1. The van der Waals surface area contributed by atoms with Gasteiger partial charge in [0, 0.05) is 49.5 Å². The van der Waals surface area contributed by atoms with E-state index in [1.165, 1.54) is 0 Å². The van der Waals surface area contributed by atoms with Crippen LogP contribution in [-0.4, -0.2) is 53.6 Å². The van der Waals surface area contributed by atoms with Crippen molar-refractivity contribution in [1.29, 1.82) is 0 Å². The summed E-state index contributed by atoms with van der Waals surface area (Å²) in [5.74, 6) is 2.38. The predicted molar refractivity (Wildman–Crippen MR) is 130 cm³/mol. The van der Waals surface area contributed by atoms with Gasteiger partial charge in [0.2, 0.25) is 5.91 Å². The zero-order valence-electron chi connectivity index (χ0n) is 19.9. The molecule has 2 atom stereocenters. The number of aryl methyl sites for hydroxylation is 2. The molecule has 1 unspecified atom stereocenters. The maximum atomic E-state index is 13.0. The van der Waals surface area contributed by atoms with Crippen molar-refractivity contribution in [3.8, 4) is 22.6 Å². The van der Waals surface area contributed by atoms with Crippen LogP contribution < -0.4 is 5.32 Å². The third kappa shape index (κ3) is 3.47. The number of anilines is 1. The average molecular weight is 471 g/mol. The predicted octanol–water partition coefficient (Wildman–Crippen LogP) is 3.31. The molecular weight excluding hydrogens is 444 g/mol. The number of carbonyl (C=O) groups is 1. The van der Waals surface area contributed by atoms with Crippen molar-refractivity contribution >= 4 is 22.9 Å². The second-order valence-corrected chi connectivity index (χ2v) is 9.43. The molecule has 1 fully saturated rings. The van der Waals surface area contributed by atoms with Gasteiger partial charge in [0.25, 0.3) is 0 Å². The Balaban J connectivity index is 1.47. The summed E-state index contributed by atoms with van der Waals surface area (Å²) in [5.41, 5.74) is 3.92. The molecule has 0 spiro atoms. The van der Waals surface area contributed by atoms with Crippen molar-refractivity contribution in [3.63, 3.8) is 0 Å². The summed E-state index contributed by atoms with van der Waals surface area (Å²) in [4.78, 5) is 40.3. The molecule has 0 radical (unpaired) electrons. The Bertz CT molecular complexity index is 1440. The summed E-state index contributed by atoms with van der Waals surface area (Å²) in [6.45, 7) is 8.02. The quantitative estimate of drug-likeness (QED) is 0.472. The Hall–Kier alpha value is -3.79. The van der Waals surface area contributed by atoms with E-state index >= 15 is 0 Å². The number of nitrogens with one attached hydrogen (secondary N) is 1. The topological polar surface area (TPSA) is 121 Å². The average Bonchev–Trinajstić information content (AvgIpc) is 3.57. The van der Waals surface area contributed by atoms with Gasteiger partial charge in [-0.15, -0.1) is 0 Å². The van der Waals surface area contributed by atoms with Gasteiger partial charge in [-0.2, -0.15) is 0 Å². The molecule has 4 aromatic rings. The molecule has 2 aliphatic rings. The van der Waals surface area contributed by atoms with E-state index in [9.17, 15) is 4.79 Å². The highest BCUT2D eigenvalue weighted by atomic mass is 16.5. The zero-order chi connectivity index (χ0) is 24.2. The standard InChI is InChI=1S/C25H26N8O2/c1-4-33-22(17-10-26-14(2)27-11-17)31-20-19(29-13-30-23(20)33)16-7-18-21(28-9-16)32-24(34)25(18,3)8-15-5-6-35-12-15/h7,9-11,13,15H,4-6,8,12H2,1-3H3,(H,28,32,34)/t15-,25?/m1/s1. The van der Waals surface area contributed by atoms with Gasteiger partial charge in [0.05, 0.1) is 11.0 Å². The lowest BCUT2D eigenvalue weighted by atomic mass is 9.76. The number of hydrogen-bond donors (Lipinski definition) is 1. The van der Waals surface area contributed by atoms with Gasteiger partial charge in [-0.25, -0.2) is 29.9 Å². The second kappa shape index (κ2) is 8.16. The number of imidazole rings is 1. The van der Waals surface area contributed by atoms with Crippen molar-refractivity contribution in [2.45, 2.75) is 45.6 Å².